The molecule has 0 amide bonds. The highest BCUT2D eigenvalue weighted by Crippen LogP contribution is 2.28. The molecule has 0 aliphatic carbocycles. The van der Waals surface area contributed by atoms with Gasteiger partial charge in [0.2, 0.25) is 0 Å². The highest BCUT2D eigenvalue weighted by molar-refractivity contribution is 14.1. The summed E-state index contributed by atoms with van der Waals surface area (Å²) in [4.78, 5) is 23.3. The lowest BCUT2D eigenvalue weighted by atomic mass is 9.84. The Labute approximate surface area is 117 Å². The molecule has 0 unspecified atom stereocenters. The Morgan fingerprint density at radius 3 is 1.88 bits per heavy atom. The molecule has 0 spiro atoms. The first-order valence-electron chi connectivity index (χ1n) is 5.75. The van der Waals surface area contributed by atoms with Gasteiger partial charge in [0.1, 0.15) is 0 Å². The molecule has 0 aromatic rings. The van der Waals surface area contributed by atoms with Crippen molar-refractivity contribution in [2.24, 2.45) is 5.41 Å². The fourth-order valence-electron chi connectivity index (χ4n) is 1.66. The monoisotopic (exact) mass is 356 g/mol. The summed E-state index contributed by atoms with van der Waals surface area (Å²) in [5, 5.41) is 0. The Kier molecular flexibility index (Phi) is 8.55. The van der Waals surface area contributed by atoms with Crippen molar-refractivity contribution in [3.8, 4) is 0 Å². The fourth-order valence-corrected chi connectivity index (χ4v) is 2.20. The van der Waals surface area contributed by atoms with Gasteiger partial charge in [0.15, 0.2) is 5.41 Å². The minimum atomic E-state index is -1.16. The van der Waals surface area contributed by atoms with Crippen LogP contribution >= 0.6 is 22.6 Å². The topological polar surface area (TPSA) is 52.6 Å². The molecule has 0 aliphatic heterocycles. The Hall–Kier alpha value is -0.330. The minimum Gasteiger partial charge on any atom is -0.468 e. The lowest BCUT2D eigenvalue weighted by Gasteiger charge is -2.23. The van der Waals surface area contributed by atoms with E-state index in [1.165, 1.54) is 20.6 Å². The number of carbonyl (C=O) groups excluding carboxylic acids is 2. The zero-order valence-corrected chi connectivity index (χ0v) is 12.9. The Morgan fingerprint density at radius 2 is 1.47 bits per heavy atom. The molecule has 0 aromatic heterocycles. The van der Waals surface area contributed by atoms with E-state index in [9.17, 15) is 9.59 Å². The molecular formula is C12H21IO4. The standard InChI is InChI=1S/C12H21IO4/c1-12(10(14)16-2,11(15)17-3)8-6-4-5-7-9-13/h4-9H2,1-3H3. The summed E-state index contributed by atoms with van der Waals surface area (Å²) in [6.07, 6.45) is 4.63. The number of halogens is 1. The zero-order valence-electron chi connectivity index (χ0n) is 10.8. The molecule has 0 radical (unpaired) electrons. The average Bonchev–Trinajstić information content (AvgIpc) is 2.36. The van der Waals surface area contributed by atoms with Crippen molar-refractivity contribution >= 4 is 34.5 Å². The van der Waals surface area contributed by atoms with Gasteiger partial charge in [-0.3, -0.25) is 9.59 Å². The van der Waals surface area contributed by atoms with Crippen molar-refractivity contribution < 1.29 is 19.1 Å². The summed E-state index contributed by atoms with van der Waals surface area (Å²) in [5.41, 5.74) is -1.16. The van der Waals surface area contributed by atoms with Gasteiger partial charge in [-0.2, -0.15) is 0 Å². The van der Waals surface area contributed by atoms with E-state index in [2.05, 4.69) is 32.1 Å². The quantitative estimate of drug-likeness (QED) is 0.221. The highest BCUT2D eigenvalue weighted by Gasteiger charge is 2.42. The molecule has 0 rings (SSSR count). The first kappa shape index (κ1) is 16.7. The Morgan fingerprint density at radius 1 is 1.00 bits per heavy atom. The molecule has 4 nitrogen and oxygen atoms in total. The zero-order chi connectivity index (χ0) is 13.3. The maximum Gasteiger partial charge on any atom is 0.322 e. The van der Waals surface area contributed by atoms with Gasteiger partial charge in [0.05, 0.1) is 14.2 Å². The van der Waals surface area contributed by atoms with Gasteiger partial charge in [0, 0.05) is 0 Å². The van der Waals surface area contributed by atoms with E-state index in [4.69, 9.17) is 0 Å². The molecule has 0 aromatic carbocycles. The predicted molar refractivity (Wildman–Crippen MR) is 74.1 cm³/mol. The molecule has 0 bridgehead atoms. The van der Waals surface area contributed by atoms with Gasteiger partial charge in [-0.05, 0) is 24.2 Å². The molecule has 100 valence electrons. The summed E-state index contributed by atoms with van der Waals surface area (Å²) in [7, 11) is 2.58. The number of hydrogen-bond acceptors (Lipinski definition) is 4. The number of carbonyl (C=O) groups is 2. The normalized spacial score (nSPS) is 11.1. The molecule has 0 fully saturated rings. The van der Waals surface area contributed by atoms with Crippen molar-refractivity contribution in [2.45, 2.75) is 39.0 Å². The van der Waals surface area contributed by atoms with Crippen molar-refractivity contribution in [1.82, 2.24) is 0 Å². The molecule has 0 heterocycles. The summed E-state index contributed by atoms with van der Waals surface area (Å²) in [6.45, 7) is 1.59. The lowest BCUT2D eigenvalue weighted by Crippen LogP contribution is -2.38. The minimum absolute atomic E-state index is 0.480. The molecule has 5 heteroatoms. The van der Waals surface area contributed by atoms with Crippen LogP contribution in [0.3, 0.4) is 0 Å². The molecule has 17 heavy (non-hydrogen) atoms. The van der Waals surface area contributed by atoms with Crippen LogP contribution in [0.15, 0.2) is 0 Å². The number of unbranched alkanes of at least 4 members (excludes halogenated alkanes) is 3. The smallest absolute Gasteiger partial charge is 0.322 e. The fraction of sp³-hybridized carbons (Fsp3) is 0.833. The van der Waals surface area contributed by atoms with Crippen molar-refractivity contribution in [1.29, 1.82) is 0 Å². The van der Waals surface area contributed by atoms with Crippen LogP contribution in [0, 0.1) is 5.41 Å². The molecule has 0 aliphatic rings. The van der Waals surface area contributed by atoms with E-state index in [1.807, 2.05) is 0 Å². The van der Waals surface area contributed by atoms with Crippen molar-refractivity contribution in [3.63, 3.8) is 0 Å². The number of esters is 2. The van der Waals surface area contributed by atoms with E-state index in [0.29, 0.717) is 6.42 Å². The van der Waals surface area contributed by atoms with Crippen molar-refractivity contribution in [3.05, 3.63) is 0 Å². The van der Waals surface area contributed by atoms with E-state index in [1.54, 1.807) is 6.92 Å². The number of ether oxygens (including phenoxy) is 2. The van der Waals surface area contributed by atoms with E-state index >= 15 is 0 Å². The van der Waals surface area contributed by atoms with Gasteiger partial charge < -0.3 is 9.47 Å². The summed E-state index contributed by atoms with van der Waals surface area (Å²) in [6, 6.07) is 0. The largest absolute Gasteiger partial charge is 0.468 e. The van der Waals surface area contributed by atoms with Crippen LogP contribution in [-0.4, -0.2) is 30.6 Å². The number of hydrogen-bond donors (Lipinski definition) is 0. The summed E-state index contributed by atoms with van der Waals surface area (Å²) in [5.74, 6) is -1.03. The third-order valence-electron chi connectivity index (χ3n) is 2.83. The second kappa shape index (κ2) is 8.72. The van der Waals surface area contributed by atoms with Gasteiger partial charge >= 0.3 is 11.9 Å². The van der Waals surface area contributed by atoms with Crippen LogP contribution in [0.25, 0.3) is 0 Å². The van der Waals surface area contributed by atoms with E-state index in [-0.39, 0.29) is 0 Å². The maximum atomic E-state index is 11.6. The Balaban J connectivity index is 4.30. The van der Waals surface area contributed by atoms with Gasteiger partial charge in [-0.1, -0.05) is 41.9 Å². The average molecular weight is 356 g/mol. The van der Waals surface area contributed by atoms with Crippen LogP contribution < -0.4 is 0 Å². The molecule has 0 saturated carbocycles. The molecule has 0 N–H and O–H groups in total. The first-order chi connectivity index (χ1) is 8.02. The van der Waals surface area contributed by atoms with Crippen LogP contribution in [-0.2, 0) is 19.1 Å². The van der Waals surface area contributed by atoms with Crippen LogP contribution in [0.1, 0.15) is 39.0 Å². The molecule has 0 saturated heterocycles. The predicted octanol–water partition coefficient (Wildman–Crippen LogP) is 2.72. The number of methoxy groups -OCH3 is 2. The van der Waals surface area contributed by atoms with E-state index in [0.717, 1.165) is 23.7 Å². The first-order valence-corrected chi connectivity index (χ1v) is 7.28. The van der Waals surface area contributed by atoms with Crippen LogP contribution in [0.2, 0.25) is 0 Å². The van der Waals surface area contributed by atoms with Crippen LogP contribution in [0.4, 0.5) is 0 Å². The molecule has 0 atom stereocenters. The van der Waals surface area contributed by atoms with Crippen molar-refractivity contribution in [2.75, 3.05) is 18.6 Å². The second-order valence-corrected chi connectivity index (χ2v) is 5.25. The highest BCUT2D eigenvalue weighted by atomic mass is 127. The molecular weight excluding hydrogens is 335 g/mol. The summed E-state index contributed by atoms with van der Waals surface area (Å²) < 4.78 is 10.5. The Bertz CT molecular complexity index is 237. The van der Waals surface area contributed by atoms with E-state index < -0.39 is 17.4 Å². The SMILES string of the molecule is COC(=O)C(C)(CCCCCCI)C(=O)OC. The van der Waals surface area contributed by atoms with Gasteiger partial charge in [-0.25, -0.2) is 0 Å². The third-order valence-corrected chi connectivity index (χ3v) is 3.60. The number of rotatable bonds is 8. The number of alkyl halides is 1. The van der Waals surface area contributed by atoms with Crippen LogP contribution in [0.5, 0.6) is 0 Å². The lowest BCUT2D eigenvalue weighted by molar-refractivity contribution is -0.168. The second-order valence-electron chi connectivity index (χ2n) is 4.17. The van der Waals surface area contributed by atoms with Gasteiger partial charge in [0.25, 0.3) is 0 Å². The maximum absolute atomic E-state index is 11.6. The third kappa shape index (κ3) is 5.23. The summed E-state index contributed by atoms with van der Waals surface area (Å²) >= 11 is 2.34. The van der Waals surface area contributed by atoms with Gasteiger partial charge in [-0.15, -0.1) is 0 Å².